The summed E-state index contributed by atoms with van der Waals surface area (Å²) in [5.41, 5.74) is 2.80. The van der Waals surface area contributed by atoms with Crippen LogP contribution in [0.25, 0.3) is 0 Å². The molecule has 0 radical (unpaired) electrons. The lowest BCUT2D eigenvalue weighted by molar-refractivity contribution is -0.134. The number of carbonyl (C=O) groups excluding carboxylic acids is 2. The SMILES string of the molecule is COc1ccc(Cl)cc1NC(=O)CN(C)C(=O)CN(C)Cc1ccc(C)cc1. The number of methoxy groups -OCH3 is 1. The molecule has 2 amide bonds. The summed E-state index contributed by atoms with van der Waals surface area (Å²) in [6.45, 7) is 2.85. The number of rotatable bonds is 8. The van der Waals surface area contributed by atoms with Crippen molar-refractivity contribution in [2.24, 2.45) is 0 Å². The Morgan fingerprint density at radius 2 is 1.75 bits per heavy atom. The van der Waals surface area contributed by atoms with Crippen LogP contribution in [0, 0.1) is 6.92 Å². The number of ether oxygens (including phenoxy) is 1. The first-order valence-corrected chi connectivity index (χ1v) is 9.27. The van der Waals surface area contributed by atoms with Gasteiger partial charge in [-0.15, -0.1) is 0 Å². The summed E-state index contributed by atoms with van der Waals surface area (Å²) in [4.78, 5) is 28.0. The molecule has 2 rings (SSSR count). The summed E-state index contributed by atoms with van der Waals surface area (Å²) < 4.78 is 5.21. The first kappa shape index (κ1) is 21.7. The van der Waals surface area contributed by atoms with Crippen molar-refractivity contribution in [2.45, 2.75) is 13.5 Å². The first-order valence-electron chi connectivity index (χ1n) is 8.90. The fourth-order valence-corrected chi connectivity index (χ4v) is 2.86. The van der Waals surface area contributed by atoms with E-state index in [9.17, 15) is 9.59 Å². The Kier molecular flexibility index (Phi) is 7.84. The number of hydrogen-bond acceptors (Lipinski definition) is 4. The van der Waals surface area contributed by atoms with Gasteiger partial charge in [-0.1, -0.05) is 41.4 Å². The normalized spacial score (nSPS) is 10.6. The number of likely N-dealkylation sites (N-methyl/N-ethyl adjacent to an activating group) is 2. The second-order valence-corrected chi connectivity index (χ2v) is 7.24. The number of hydrogen-bond donors (Lipinski definition) is 1. The molecule has 150 valence electrons. The molecule has 0 spiro atoms. The standard InChI is InChI=1S/C21H26ClN3O3/c1-15-5-7-16(8-6-15)12-24(2)14-21(27)25(3)13-20(26)23-18-11-17(22)9-10-19(18)28-4/h5-11H,12-14H2,1-4H3,(H,23,26). The molecule has 0 fully saturated rings. The Hall–Kier alpha value is -2.57. The lowest BCUT2D eigenvalue weighted by Crippen LogP contribution is -2.40. The van der Waals surface area contributed by atoms with Crippen LogP contribution in [0.5, 0.6) is 5.75 Å². The zero-order valence-corrected chi connectivity index (χ0v) is 17.4. The van der Waals surface area contributed by atoms with E-state index in [1.165, 1.54) is 17.6 Å². The average Bonchev–Trinajstić information content (AvgIpc) is 2.63. The van der Waals surface area contributed by atoms with Gasteiger partial charge in [0, 0.05) is 18.6 Å². The zero-order valence-electron chi connectivity index (χ0n) is 16.7. The molecule has 0 aliphatic rings. The molecule has 0 heterocycles. The van der Waals surface area contributed by atoms with Crippen LogP contribution in [0.2, 0.25) is 5.02 Å². The molecule has 0 aromatic heterocycles. The van der Waals surface area contributed by atoms with Crippen LogP contribution < -0.4 is 10.1 Å². The first-order chi connectivity index (χ1) is 13.3. The van der Waals surface area contributed by atoms with Crippen LogP contribution in [-0.2, 0) is 16.1 Å². The molecule has 0 atom stereocenters. The van der Waals surface area contributed by atoms with Gasteiger partial charge in [0.25, 0.3) is 0 Å². The van der Waals surface area contributed by atoms with Gasteiger partial charge in [-0.25, -0.2) is 0 Å². The maximum absolute atomic E-state index is 12.4. The molecule has 2 aromatic carbocycles. The fraction of sp³-hybridized carbons (Fsp3) is 0.333. The molecule has 0 aliphatic carbocycles. The predicted octanol–water partition coefficient (Wildman–Crippen LogP) is 3.19. The molecule has 1 N–H and O–H groups in total. The third-order valence-electron chi connectivity index (χ3n) is 4.22. The molecular weight excluding hydrogens is 378 g/mol. The van der Waals surface area contributed by atoms with Gasteiger partial charge >= 0.3 is 0 Å². The molecular formula is C21H26ClN3O3. The second kappa shape index (κ2) is 10.1. The summed E-state index contributed by atoms with van der Waals surface area (Å²) in [6.07, 6.45) is 0. The van der Waals surface area contributed by atoms with Crippen molar-refractivity contribution in [3.63, 3.8) is 0 Å². The molecule has 0 saturated carbocycles. The number of aryl methyl sites for hydroxylation is 1. The van der Waals surface area contributed by atoms with E-state index in [1.807, 2.05) is 43.1 Å². The third kappa shape index (κ3) is 6.55. The quantitative estimate of drug-likeness (QED) is 0.735. The maximum atomic E-state index is 12.4. The minimum Gasteiger partial charge on any atom is -0.495 e. The monoisotopic (exact) mass is 403 g/mol. The van der Waals surface area contributed by atoms with E-state index < -0.39 is 0 Å². The van der Waals surface area contributed by atoms with Crippen molar-refractivity contribution >= 4 is 29.1 Å². The Bertz CT molecular complexity index is 824. The molecule has 0 aliphatic heterocycles. The van der Waals surface area contributed by atoms with Gasteiger partial charge in [-0.3, -0.25) is 14.5 Å². The summed E-state index contributed by atoms with van der Waals surface area (Å²) in [5.74, 6) is 0.0463. The molecule has 28 heavy (non-hydrogen) atoms. The lowest BCUT2D eigenvalue weighted by atomic mass is 10.1. The summed E-state index contributed by atoms with van der Waals surface area (Å²) in [6, 6.07) is 13.1. The molecule has 2 aromatic rings. The highest BCUT2D eigenvalue weighted by atomic mass is 35.5. The highest BCUT2D eigenvalue weighted by Crippen LogP contribution is 2.27. The molecule has 0 bridgehead atoms. The average molecular weight is 404 g/mol. The van der Waals surface area contributed by atoms with Gasteiger partial charge in [0.2, 0.25) is 11.8 Å². The third-order valence-corrected chi connectivity index (χ3v) is 4.46. The van der Waals surface area contributed by atoms with Gasteiger partial charge in [-0.2, -0.15) is 0 Å². The predicted molar refractivity (Wildman–Crippen MR) is 112 cm³/mol. The van der Waals surface area contributed by atoms with Crippen molar-refractivity contribution < 1.29 is 14.3 Å². The van der Waals surface area contributed by atoms with Gasteiger partial charge in [-0.05, 0) is 37.7 Å². The summed E-state index contributed by atoms with van der Waals surface area (Å²) in [7, 11) is 5.00. The van der Waals surface area contributed by atoms with Crippen LogP contribution in [0.4, 0.5) is 5.69 Å². The smallest absolute Gasteiger partial charge is 0.244 e. The number of amides is 2. The Morgan fingerprint density at radius 1 is 1.07 bits per heavy atom. The largest absolute Gasteiger partial charge is 0.495 e. The minimum atomic E-state index is -0.322. The molecule has 7 heteroatoms. The van der Waals surface area contributed by atoms with Gasteiger partial charge in [0.15, 0.2) is 0 Å². The van der Waals surface area contributed by atoms with Crippen LogP contribution >= 0.6 is 11.6 Å². The summed E-state index contributed by atoms with van der Waals surface area (Å²) in [5, 5.41) is 3.22. The van der Waals surface area contributed by atoms with E-state index in [0.717, 1.165) is 5.56 Å². The van der Waals surface area contributed by atoms with Crippen LogP contribution in [-0.4, -0.2) is 55.9 Å². The van der Waals surface area contributed by atoms with Crippen molar-refractivity contribution in [3.8, 4) is 5.75 Å². The Balaban J connectivity index is 1.86. The topological polar surface area (TPSA) is 61.9 Å². The zero-order chi connectivity index (χ0) is 20.7. The minimum absolute atomic E-state index is 0.0626. The number of nitrogens with one attached hydrogen (secondary N) is 1. The van der Waals surface area contributed by atoms with Crippen molar-refractivity contribution in [1.29, 1.82) is 0 Å². The number of nitrogens with zero attached hydrogens (tertiary/aromatic N) is 2. The lowest BCUT2D eigenvalue weighted by Gasteiger charge is -2.22. The van der Waals surface area contributed by atoms with Crippen LogP contribution in [0.15, 0.2) is 42.5 Å². The van der Waals surface area contributed by atoms with Crippen LogP contribution in [0.1, 0.15) is 11.1 Å². The van der Waals surface area contributed by atoms with Crippen molar-refractivity contribution in [3.05, 3.63) is 58.6 Å². The van der Waals surface area contributed by atoms with E-state index in [4.69, 9.17) is 16.3 Å². The molecule has 0 unspecified atom stereocenters. The van der Waals surface area contributed by atoms with Crippen molar-refractivity contribution in [2.75, 3.05) is 39.6 Å². The number of benzene rings is 2. The Labute approximate surface area is 171 Å². The van der Waals surface area contributed by atoms with Gasteiger partial charge in [0.1, 0.15) is 5.75 Å². The second-order valence-electron chi connectivity index (χ2n) is 6.80. The van der Waals surface area contributed by atoms with E-state index in [0.29, 0.717) is 23.0 Å². The van der Waals surface area contributed by atoms with Gasteiger partial charge < -0.3 is 15.0 Å². The van der Waals surface area contributed by atoms with E-state index in [2.05, 4.69) is 5.32 Å². The Morgan fingerprint density at radius 3 is 2.39 bits per heavy atom. The number of anilines is 1. The van der Waals surface area contributed by atoms with Crippen LogP contribution in [0.3, 0.4) is 0 Å². The number of halogens is 1. The molecule has 6 nitrogen and oxygen atoms in total. The van der Waals surface area contributed by atoms with Gasteiger partial charge in [0.05, 0.1) is 25.9 Å². The maximum Gasteiger partial charge on any atom is 0.244 e. The highest BCUT2D eigenvalue weighted by Gasteiger charge is 2.16. The van der Waals surface area contributed by atoms with E-state index in [1.54, 1.807) is 25.2 Å². The fourth-order valence-electron chi connectivity index (χ4n) is 2.68. The highest BCUT2D eigenvalue weighted by molar-refractivity contribution is 6.31. The molecule has 0 saturated heterocycles. The van der Waals surface area contributed by atoms with E-state index in [-0.39, 0.29) is 24.9 Å². The summed E-state index contributed by atoms with van der Waals surface area (Å²) >= 11 is 5.97. The van der Waals surface area contributed by atoms with E-state index >= 15 is 0 Å². The van der Waals surface area contributed by atoms with Crippen molar-refractivity contribution in [1.82, 2.24) is 9.80 Å². The number of carbonyl (C=O) groups is 2.